The van der Waals surface area contributed by atoms with Crippen molar-refractivity contribution in [2.75, 3.05) is 27.2 Å². The Labute approximate surface area is 85.9 Å². The molecule has 1 aliphatic rings. The van der Waals surface area contributed by atoms with Crippen LogP contribution in [-0.2, 0) is 6.42 Å². The van der Waals surface area contributed by atoms with Gasteiger partial charge in [-0.15, -0.1) is 0 Å². The second-order valence-corrected chi connectivity index (χ2v) is 4.13. The van der Waals surface area contributed by atoms with Crippen LogP contribution in [0.25, 0.3) is 0 Å². The number of benzene rings is 1. The maximum Gasteiger partial charge on any atom is 0.0469 e. The van der Waals surface area contributed by atoms with Crippen molar-refractivity contribution in [1.82, 2.24) is 10.2 Å². The van der Waals surface area contributed by atoms with Gasteiger partial charge in [-0.25, -0.2) is 0 Å². The van der Waals surface area contributed by atoms with Crippen LogP contribution in [0.3, 0.4) is 0 Å². The number of fused-ring (bicyclic) bond motifs is 1. The summed E-state index contributed by atoms with van der Waals surface area (Å²) in [4.78, 5) is 2.29. The van der Waals surface area contributed by atoms with E-state index in [4.69, 9.17) is 0 Å². The van der Waals surface area contributed by atoms with Gasteiger partial charge in [-0.3, -0.25) is 0 Å². The lowest BCUT2D eigenvalue weighted by Crippen LogP contribution is -2.29. The van der Waals surface area contributed by atoms with Crippen molar-refractivity contribution >= 4 is 0 Å². The first-order valence-corrected chi connectivity index (χ1v) is 5.24. The van der Waals surface area contributed by atoms with Gasteiger partial charge in [0, 0.05) is 12.6 Å². The molecule has 2 heteroatoms. The highest BCUT2D eigenvalue weighted by molar-refractivity contribution is 5.31. The molecule has 1 aliphatic heterocycles. The summed E-state index contributed by atoms with van der Waals surface area (Å²) < 4.78 is 0. The minimum Gasteiger partial charge on any atom is -0.314 e. The van der Waals surface area contributed by atoms with Crippen molar-refractivity contribution in [3.8, 4) is 0 Å². The lowest BCUT2D eigenvalue weighted by Gasteiger charge is -2.24. The molecule has 0 aromatic heterocycles. The molecule has 1 N–H and O–H groups in total. The third-order valence-electron chi connectivity index (χ3n) is 2.95. The Balaban J connectivity index is 2.37. The zero-order valence-electron chi connectivity index (χ0n) is 8.96. The van der Waals surface area contributed by atoms with Crippen molar-refractivity contribution in [2.24, 2.45) is 0 Å². The Morgan fingerprint density at radius 3 is 2.86 bits per heavy atom. The lowest BCUT2D eigenvalue weighted by molar-refractivity contribution is 0.293. The van der Waals surface area contributed by atoms with Gasteiger partial charge in [0.2, 0.25) is 0 Å². The van der Waals surface area contributed by atoms with Crippen LogP contribution in [0.5, 0.6) is 0 Å². The molecule has 1 aromatic rings. The largest absolute Gasteiger partial charge is 0.314 e. The molecule has 2 nitrogen and oxygen atoms in total. The van der Waals surface area contributed by atoms with E-state index in [9.17, 15) is 0 Å². The van der Waals surface area contributed by atoms with Gasteiger partial charge in [-0.1, -0.05) is 24.3 Å². The van der Waals surface area contributed by atoms with Crippen LogP contribution in [0.4, 0.5) is 0 Å². The second-order valence-electron chi connectivity index (χ2n) is 4.13. The maximum absolute atomic E-state index is 3.48. The van der Waals surface area contributed by atoms with Crippen LogP contribution >= 0.6 is 0 Å². The number of likely N-dealkylation sites (N-methyl/N-ethyl adjacent to an activating group) is 1. The third-order valence-corrected chi connectivity index (χ3v) is 2.95. The van der Waals surface area contributed by atoms with Crippen LogP contribution in [0.2, 0.25) is 0 Å². The summed E-state index contributed by atoms with van der Waals surface area (Å²) in [5.41, 5.74) is 2.98. The topological polar surface area (TPSA) is 15.3 Å². The van der Waals surface area contributed by atoms with E-state index in [1.165, 1.54) is 11.1 Å². The normalized spacial score (nSPS) is 21.8. The molecule has 1 aromatic carbocycles. The Morgan fingerprint density at radius 1 is 1.29 bits per heavy atom. The van der Waals surface area contributed by atoms with Gasteiger partial charge in [-0.05, 0) is 38.2 Å². The fourth-order valence-electron chi connectivity index (χ4n) is 2.12. The molecule has 0 fully saturated rings. The molecule has 1 atom stereocenters. The first-order valence-electron chi connectivity index (χ1n) is 5.24. The van der Waals surface area contributed by atoms with Gasteiger partial charge in [-0.2, -0.15) is 0 Å². The van der Waals surface area contributed by atoms with E-state index in [0.29, 0.717) is 6.04 Å². The van der Waals surface area contributed by atoms with E-state index in [-0.39, 0.29) is 0 Å². The van der Waals surface area contributed by atoms with E-state index in [2.05, 4.69) is 48.6 Å². The molecule has 14 heavy (non-hydrogen) atoms. The van der Waals surface area contributed by atoms with E-state index in [1.807, 2.05) is 0 Å². The molecule has 0 amide bonds. The highest BCUT2D eigenvalue weighted by Gasteiger charge is 2.18. The SMILES string of the molecule is CN(C)C1CNCCc2ccccc21. The molecule has 2 rings (SSSR count). The Morgan fingerprint density at radius 2 is 2.07 bits per heavy atom. The predicted molar refractivity (Wildman–Crippen MR) is 59.4 cm³/mol. The molecule has 0 saturated carbocycles. The van der Waals surface area contributed by atoms with Crippen LogP contribution in [0.1, 0.15) is 17.2 Å². The minimum atomic E-state index is 0.522. The van der Waals surface area contributed by atoms with Crippen LogP contribution in [0, 0.1) is 0 Å². The van der Waals surface area contributed by atoms with Gasteiger partial charge in [0.1, 0.15) is 0 Å². The Bertz CT molecular complexity index is 307. The first-order chi connectivity index (χ1) is 6.79. The van der Waals surface area contributed by atoms with E-state index >= 15 is 0 Å². The number of rotatable bonds is 1. The monoisotopic (exact) mass is 190 g/mol. The van der Waals surface area contributed by atoms with E-state index in [1.54, 1.807) is 0 Å². The summed E-state index contributed by atoms with van der Waals surface area (Å²) in [6.45, 7) is 2.16. The third kappa shape index (κ3) is 1.81. The average Bonchev–Trinajstić information content (AvgIpc) is 2.39. The van der Waals surface area contributed by atoms with Gasteiger partial charge in [0.05, 0.1) is 0 Å². The van der Waals surface area contributed by atoms with Crippen molar-refractivity contribution < 1.29 is 0 Å². The minimum absolute atomic E-state index is 0.522. The second kappa shape index (κ2) is 4.11. The smallest absolute Gasteiger partial charge is 0.0469 e. The van der Waals surface area contributed by atoms with Crippen molar-refractivity contribution in [3.63, 3.8) is 0 Å². The van der Waals surface area contributed by atoms with Crippen molar-refractivity contribution in [3.05, 3.63) is 35.4 Å². The average molecular weight is 190 g/mol. The summed E-state index contributed by atoms with van der Waals surface area (Å²) in [5, 5.41) is 3.48. The van der Waals surface area contributed by atoms with Crippen LogP contribution in [-0.4, -0.2) is 32.1 Å². The zero-order valence-corrected chi connectivity index (χ0v) is 8.96. The molecular formula is C12H18N2. The molecule has 0 saturated heterocycles. The van der Waals surface area contributed by atoms with Gasteiger partial charge in [0.25, 0.3) is 0 Å². The number of nitrogens with zero attached hydrogens (tertiary/aromatic N) is 1. The molecule has 0 aliphatic carbocycles. The first kappa shape index (κ1) is 9.69. The standard InChI is InChI=1S/C12H18N2/c1-14(2)12-9-13-8-7-10-5-3-4-6-11(10)12/h3-6,12-13H,7-9H2,1-2H3. The van der Waals surface area contributed by atoms with Crippen molar-refractivity contribution in [2.45, 2.75) is 12.5 Å². The molecular weight excluding hydrogens is 172 g/mol. The van der Waals surface area contributed by atoms with Crippen LogP contribution in [0.15, 0.2) is 24.3 Å². The molecule has 1 unspecified atom stereocenters. The quantitative estimate of drug-likeness (QED) is 0.721. The maximum atomic E-state index is 3.48. The Kier molecular flexibility index (Phi) is 2.85. The molecule has 0 bridgehead atoms. The number of nitrogens with one attached hydrogen (secondary N) is 1. The van der Waals surface area contributed by atoms with Gasteiger partial charge < -0.3 is 10.2 Å². The summed E-state index contributed by atoms with van der Waals surface area (Å²) in [6.07, 6.45) is 1.15. The highest BCUT2D eigenvalue weighted by Crippen LogP contribution is 2.23. The predicted octanol–water partition coefficient (Wildman–Crippen LogP) is 1.43. The molecule has 0 radical (unpaired) electrons. The fraction of sp³-hybridized carbons (Fsp3) is 0.500. The van der Waals surface area contributed by atoms with Gasteiger partial charge >= 0.3 is 0 Å². The van der Waals surface area contributed by atoms with Gasteiger partial charge in [0.15, 0.2) is 0 Å². The summed E-state index contributed by atoms with van der Waals surface area (Å²) in [6, 6.07) is 9.30. The fourth-order valence-corrected chi connectivity index (χ4v) is 2.12. The van der Waals surface area contributed by atoms with E-state index < -0.39 is 0 Å². The highest BCUT2D eigenvalue weighted by atomic mass is 15.1. The Hall–Kier alpha value is -0.860. The molecule has 0 spiro atoms. The molecule has 1 heterocycles. The zero-order chi connectivity index (χ0) is 9.97. The van der Waals surface area contributed by atoms with Crippen LogP contribution < -0.4 is 5.32 Å². The van der Waals surface area contributed by atoms with Crippen molar-refractivity contribution in [1.29, 1.82) is 0 Å². The number of hydrogen-bond donors (Lipinski definition) is 1. The van der Waals surface area contributed by atoms with E-state index in [0.717, 1.165) is 19.5 Å². The lowest BCUT2D eigenvalue weighted by atomic mass is 9.99. The summed E-state index contributed by atoms with van der Waals surface area (Å²) in [7, 11) is 4.29. The summed E-state index contributed by atoms with van der Waals surface area (Å²) >= 11 is 0. The summed E-state index contributed by atoms with van der Waals surface area (Å²) in [5.74, 6) is 0. The number of hydrogen-bond acceptors (Lipinski definition) is 2. The molecule has 76 valence electrons.